The quantitative estimate of drug-likeness (QED) is 0.752. The summed E-state index contributed by atoms with van der Waals surface area (Å²) < 4.78 is 29.4. The molecule has 8 nitrogen and oxygen atoms in total. The maximum Gasteiger partial charge on any atom is 0.328 e. The Hall–Kier alpha value is -1.45. The third kappa shape index (κ3) is 3.17. The number of hydrogen-bond acceptors (Lipinski definition) is 5. The van der Waals surface area contributed by atoms with E-state index in [0.29, 0.717) is 0 Å². The molecule has 0 bridgehead atoms. The molecule has 1 aromatic rings. The van der Waals surface area contributed by atoms with Crippen molar-refractivity contribution in [2.45, 2.75) is 49.8 Å². The molecule has 112 valence electrons. The van der Waals surface area contributed by atoms with Gasteiger partial charge in [0, 0.05) is 6.20 Å². The van der Waals surface area contributed by atoms with Crippen LogP contribution in [0.5, 0.6) is 0 Å². The summed E-state index contributed by atoms with van der Waals surface area (Å²) >= 11 is 0. The number of nitrogens with two attached hydrogens (primary N) is 1. The van der Waals surface area contributed by atoms with Crippen LogP contribution in [-0.2, 0) is 21.3 Å². The number of ether oxygens (including phenoxy) is 1. The lowest BCUT2D eigenvalue weighted by Gasteiger charge is -2.19. The third-order valence-corrected chi connectivity index (χ3v) is 4.14. The monoisotopic (exact) mass is 303 g/mol. The van der Waals surface area contributed by atoms with Crippen molar-refractivity contribution in [3.05, 3.63) is 27.0 Å². The van der Waals surface area contributed by atoms with Crippen molar-refractivity contribution in [2.75, 3.05) is 0 Å². The van der Waals surface area contributed by atoms with Crippen LogP contribution in [0.25, 0.3) is 0 Å². The molecule has 0 spiro atoms. The molecule has 1 atom stereocenters. The topological polar surface area (TPSA) is 124 Å². The van der Waals surface area contributed by atoms with Gasteiger partial charge in [0.15, 0.2) is 4.90 Å². The zero-order valence-corrected chi connectivity index (χ0v) is 12.1. The highest BCUT2D eigenvalue weighted by Crippen LogP contribution is 2.29. The van der Waals surface area contributed by atoms with E-state index in [2.05, 4.69) is 0 Å². The molecule has 2 rings (SSSR count). The molecule has 0 amide bonds. The van der Waals surface area contributed by atoms with E-state index in [-0.39, 0.29) is 18.2 Å². The molecule has 0 aliphatic carbocycles. The highest BCUT2D eigenvalue weighted by atomic mass is 32.2. The van der Waals surface area contributed by atoms with Gasteiger partial charge in [0.05, 0.1) is 18.2 Å². The van der Waals surface area contributed by atoms with E-state index in [4.69, 9.17) is 9.88 Å². The van der Waals surface area contributed by atoms with Crippen molar-refractivity contribution in [3.63, 3.8) is 0 Å². The van der Waals surface area contributed by atoms with Crippen LogP contribution in [0, 0.1) is 0 Å². The summed E-state index contributed by atoms with van der Waals surface area (Å²) in [5.41, 5.74) is -1.96. The van der Waals surface area contributed by atoms with E-state index in [1.165, 1.54) is 0 Å². The number of primary sulfonamides is 1. The molecule has 1 fully saturated rings. The van der Waals surface area contributed by atoms with Crippen molar-refractivity contribution < 1.29 is 13.2 Å². The fraction of sp³-hybridized carbons (Fsp3) is 0.636. The normalized spacial score (nSPS) is 22.1. The first-order valence-corrected chi connectivity index (χ1v) is 7.67. The fourth-order valence-corrected chi connectivity index (χ4v) is 2.84. The number of nitrogens with one attached hydrogen (secondary N) is 1. The maximum absolute atomic E-state index is 11.7. The lowest BCUT2D eigenvalue weighted by molar-refractivity contribution is -0.0222. The minimum atomic E-state index is -4.17. The Bertz CT molecular complexity index is 731. The SMILES string of the molecule is CC1(C)CCC(Cn2cc(S(N)(=O)=O)c(=O)[nH]c2=O)O1. The molecule has 1 saturated heterocycles. The number of aromatic amines is 1. The van der Waals surface area contributed by atoms with E-state index >= 15 is 0 Å². The van der Waals surface area contributed by atoms with Gasteiger partial charge in [0.25, 0.3) is 5.56 Å². The molecule has 0 radical (unpaired) electrons. The van der Waals surface area contributed by atoms with Crippen molar-refractivity contribution >= 4 is 10.0 Å². The van der Waals surface area contributed by atoms with Gasteiger partial charge in [-0.05, 0) is 26.7 Å². The molecule has 1 aromatic heterocycles. The van der Waals surface area contributed by atoms with Gasteiger partial charge in [-0.2, -0.15) is 0 Å². The largest absolute Gasteiger partial charge is 0.370 e. The predicted octanol–water partition coefficient (Wildman–Crippen LogP) is -0.858. The van der Waals surface area contributed by atoms with Gasteiger partial charge in [-0.15, -0.1) is 0 Å². The van der Waals surface area contributed by atoms with Gasteiger partial charge < -0.3 is 4.74 Å². The Balaban J connectivity index is 2.34. The van der Waals surface area contributed by atoms with Gasteiger partial charge in [-0.1, -0.05) is 0 Å². The molecule has 1 aliphatic heterocycles. The molecule has 1 aliphatic rings. The Morgan fingerprint density at radius 2 is 2.15 bits per heavy atom. The number of rotatable bonds is 3. The molecule has 2 heterocycles. The Morgan fingerprint density at radius 1 is 1.50 bits per heavy atom. The minimum Gasteiger partial charge on any atom is -0.370 e. The predicted molar refractivity (Wildman–Crippen MR) is 70.9 cm³/mol. The van der Waals surface area contributed by atoms with Gasteiger partial charge >= 0.3 is 5.69 Å². The standard InChI is InChI=1S/C11H17N3O5S/c1-11(2)4-3-7(19-11)5-14-6-8(20(12,17)18)9(15)13-10(14)16/h6-7H,3-5H2,1-2H3,(H2,12,17,18)(H,13,15,16). The number of hydrogen-bond donors (Lipinski definition) is 2. The highest BCUT2D eigenvalue weighted by molar-refractivity contribution is 7.89. The summed E-state index contributed by atoms with van der Waals surface area (Å²) in [6, 6.07) is 0. The average Bonchev–Trinajstić information content (AvgIpc) is 2.60. The molecule has 20 heavy (non-hydrogen) atoms. The summed E-state index contributed by atoms with van der Waals surface area (Å²) in [7, 11) is -4.17. The highest BCUT2D eigenvalue weighted by Gasteiger charge is 2.32. The van der Waals surface area contributed by atoms with E-state index < -0.39 is 26.2 Å². The van der Waals surface area contributed by atoms with Crippen LogP contribution < -0.4 is 16.4 Å². The second kappa shape index (κ2) is 4.83. The molecular weight excluding hydrogens is 286 g/mol. The fourth-order valence-electron chi connectivity index (χ4n) is 2.25. The Morgan fingerprint density at radius 3 is 2.65 bits per heavy atom. The number of sulfonamides is 1. The second-order valence-electron chi connectivity index (χ2n) is 5.49. The van der Waals surface area contributed by atoms with Crippen LogP contribution in [0.2, 0.25) is 0 Å². The van der Waals surface area contributed by atoms with Crippen LogP contribution in [0.3, 0.4) is 0 Å². The maximum atomic E-state index is 11.7. The Labute approximate surface area is 115 Å². The van der Waals surface area contributed by atoms with Crippen LogP contribution in [-0.4, -0.2) is 29.7 Å². The smallest absolute Gasteiger partial charge is 0.328 e. The molecule has 0 saturated carbocycles. The van der Waals surface area contributed by atoms with Crippen molar-refractivity contribution in [3.8, 4) is 0 Å². The average molecular weight is 303 g/mol. The number of nitrogens with zero attached hydrogens (tertiary/aromatic N) is 1. The van der Waals surface area contributed by atoms with Gasteiger partial charge in [-0.3, -0.25) is 14.3 Å². The van der Waals surface area contributed by atoms with Crippen LogP contribution in [0.15, 0.2) is 20.7 Å². The van der Waals surface area contributed by atoms with Gasteiger partial charge in [0.1, 0.15) is 0 Å². The van der Waals surface area contributed by atoms with Gasteiger partial charge in [0.2, 0.25) is 10.0 Å². The summed E-state index contributed by atoms with van der Waals surface area (Å²) in [4.78, 5) is 24.4. The summed E-state index contributed by atoms with van der Waals surface area (Å²) in [5, 5.41) is 4.93. The molecule has 0 aromatic carbocycles. The third-order valence-electron chi connectivity index (χ3n) is 3.24. The minimum absolute atomic E-state index is 0.168. The van der Waals surface area contributed by atoms with Gasteiger partial charge in [-0.25, -0.2) is 18.4 Å². The molecule has 9 heteroatoms. The van der Waals surface area contributed by atoms with Crippen LogP contribution in [0.4, 0.5) is 0 Å². The zero-order chi connectivity index (χ0) is 15.1. The van der Waals surface area contributed by atoms with Crippen LogP contribution >= 0.6 is 0 Å². The number of aromatic nitrogens is 2. The second-order valence-corrected chi connectivity index (χ2v) is 7.02. The van der Waals surface area contributed by atoms with E-state index in [0.717, 1.165) is 23.6 Å². The lowest BCUT2D eigenvalue weighted by Crippen LogP contribution is -2.37. The van der Waals surface area contributed by atoms with Crippen molar-refractivity contribution in [2.24, 2.45) is 5.14 Å². The zero-order valence-electron chi connectivity index (χ0n) is 11.3. The first kappa shape index (κ1) is 14.9. The first-order valence-electron chi connectivity index (χ1n) is 6.13. The lowest BCUT2D eigenvalue weighted by atomic mass is 10.1. The van der Waals surface area contributed by atoms with E-state index in [1.807, 2.05) is 18.8 Å². The molecule has 3 N–H and O–H groups in total. The Kier molecular flexibility index (Phi) is 3.61. The van der Waals surface area contributed by atoms with Crippen molar-refractivity contribution in [1.82, 2.24) is 9.55 Å². The van der Waals surface area contributed by atoms with E-state index in [1.54, 1.807) is 0 Å². The summed E-state index contributed by atoms with van der Waals surface area (Å²) in [5.74, 6) is 0. The van der Waals surface area contributed by atoms with Crippen LogP contribution in [0.1, 0.15) is 26.7 Å². The van der Waals surface area contributed by atoms with Crippen molar-refractivity contribution in [1.29, 1.82) is 0 Å². The van der Waals surface area contributed by atoms with E-state index in [9.17, 15) is 18.0 Å². The molecule has 1 unspecified atom stereocenters. The number of H-pyrrole nitrogens is 1. The molecular formula is C11H17N3O5S. The first-order chi connectivity index (χ1) is 9.08. The summed E-state index contributed by atoms with van der Waals surface area (Å²) in [6.07, 6.45) is 2.36. The summed E-state index contributed by atoms with van der Waals surface area (Å²) in [6.45, 7) is 4.05.